The van der Waals surface area contributed by atoms with Crippen LogP contribution in [0.4, 0.5) is 5.69 Å². The summed E-state index contributed by atoms with van der Waals surface area (Å²) in [4.78, 5) is 12.4. The number of nitrogens with zero attached hydrogens (tertiary/aromatic N) is 2. The van der Waals surface area contributed by atoms with Gasteiger partial charge in [-0.25, -0.2) is 13.8 Å². The molecule has 0 bridgehead atoms. The highest BCUT2D eigenvalue weighted by Crippen LogP contribution is 2.28. The van der Waals surface area contributed by atoms with Gasteiger partial charge in [0.1, 0.15) is 6.54 Å². The van der Waals surface area contributed by atoms with Gasteiger partial charge in [-0.05, 0) is 35.4 Å². The second-order valence-electron chi connectivity index (χ2n) is 6.52. The number of carbonyl (C=O) groups is 1. The average Bonchev–Trinajstić information content (AvgIpc) is 2.68. The lowest BCUT2D eigenvalue weighted by Crippen LogP contribution is -2.39. The number of hydrogen-bond acceptors (Lipinski definition) is 4. The number of hydrogen-bond donors (Lipinski definition) is 1. The van der Waals surface area contributed by atoms with Crippen molar-refractivity contribution in [1.29, 1.82) is 0 Å². The predicted octanol–water partition coefficient (Wildman–Crippen LogP) is 3.72. The fourth-order valence-electron chi connectivity index (χ4n) is 2.95. The molecule has 0 atom stereocenters. The van der Waals surface area contributed by atoms with E-state index in [1.165, 1.54) is 6.21 Å². The Kier molecular flexibility index (Phi) is 6.20. The first-order valence-corrected chi connectivity index (χ1v) is 11.0. The van der Waals surface area contributed by atoms with Crippen LogP contribution in [0.25, 0.3) is 10.8 Å². The highest BCUT2D eigenvalue weighted by Gasteiger charge is 2.22. The summed E-state index contributed by atoms with van der Waals surface area (Å²) in [6, 6.07) is 18.5. The van der Waals surface area contributed by atoms with E-state index in [0.717, 1.165) is 26.9 Å². The van der Waals surface area contributed by atoms with E-state index < -0.39 is 22.5 Å². The molecule has 0 aliphatic carbocycles. The molecule has 8 heteroatoms. The Morgan fingerprint density at radius 2 is 1.79 bits per heavy atom. The van der Waals surface area contributed by atoms with Gasteiger partial charge in [0.25, 0.3) is 5.91 Å². The van der Waals surface area contributed by atoms with Crippen LogP contribution < -0.4 is 9.73 Å². The van der Waals surface area contributed by atoms with Crippen molar-refractivity contribution in [2.24, 2.45) is 5.10 Å². The number of halogens is 1. The normalized spacial score (nSPS) is 11.7. The van der Waals surface area contributed by atoms with Crippen molar-refractivity contribution in [1.82, 2.24) is 5.43 Å². The summed E-state index contributed by atoms with van der Waals surface area (Å²) in [5.74, 6) is -0.564. The maximum Gasteiger partial charge on any atom is 0.260 e. The van der Waals surface area contributed by atoms with Crippen LogP contribution in [0.15, 0.2) is 65.8 Å². The van der Waals surface area contributed by atoms with Crippen molar-refractivity contribution in [2.45, 2.75) is 6.92 Å². The van der Waals surface area contributed by atoms with Gasteiger partial charge in [0.15, 0.2) is 0 Å². The number of carbonyl (C=O) groups excluding carboxylic acids is 1. The van der Waals surface area contributed by atoms with Crippen molar-refractivity contribution >= 4 is 50.2 Å². The molecule has 0 aliphatic rings. The maximum absolute atomic E-state index is 12.4. The molecule has 0 radical (unpaired) electrons. The molecule has 3 aromatic carbocycles. The molecule has 29 heavy (non-hydrogen) atoms. The Hall–Kier alpha value is -2.90. The first-order chi connectivity index (χ1) is 13.8. The predicted molar refractivity (Wildman–Crippen MR) is 118 cm³/mol. The summed E-state index contributed by atoms with van der Waals surface area (Å²) in [5.41, 5.74) is 4.17. The minimum atomic E-state index is -3.70. The van der Waals surface area contributed by atoms with Crippen LogP contribution in [0.3, 0.4) is 0 Å². The van der Waals surface area contributed by atoms with E-state index >= 15 is 0 Å². The summed E-state index contributed by atoms with van der Waals surface area (Å²) in [6.07, 6.45) is 2.58. The number of rotatable bonds is 6. The van der Waals surface area contributed by atoms with E-state index in [1.54, 1.807) is 25.1 Å². The molecule has 0 unspecified atom stereocenters. The molecule has 1 amide bonds. The van der Waals surface area contributed by atoms with Crippen LogP contribution in [0.5, 0.6) is 0 Å². The second-order valence-corrected chi connectivity index (χ2v) is 8.83. The van der Waals surface area contributed by atoms with E-state index in [1.807, 2.05) is 42.5 Å². The van der Waals surface area contributed by atoms with E-state index in [2.05, 4.69) is 10.5 Å². The van der Waals surface area contributed by atoms with Gasteiger partial charge in [-0.1, -0.05) is 60.1 Å². The van der Waals surface area contributed by atoms with Gasteiger partial charge in [-0.3, -0.25) is 9.10 Å². The topological polar surface area (TPSA) is 78.8 Å². The third-order valence-electron chi connectivity index (χ3n) is 4.41. The van der Waals surface area contributed by atoms with Crippen LogP contribution in [0, 0.1) is 6.92 Å². The number of amides is 1. The molecule has 3 rings (SSSR count). The first kappa shape index (κ1) is 20.8. The Bertz CT molecular complexity index is 1190. The smallest absolute Gasteiger partial charge is 0.260 e. The van der Waals surface area contributed by atoms with Crippen LogP contribution in [0.2, 0.25) is 5.02 Å². The van der Waals surface area contributed by atoms with Crippen LogP contribution in [-0.4, -0.2) is 33.3 Å². The van der Waals surface area contributed by atoms with Crippen LogP contribution in [-0.2, 0) is 14.8 Å². The largest absolute Gasteiger partial charge is 0.271 e. The fraction of sp³-hybridized carbons (Fsp3) is 0.143. The average molecular weight is 430 g/mol. The van der Waals surface area contributed by atoms with Crippen LogP contribution in [0.1, 0.15) is 11.1 Å². The quantitative estimate of drug-likeness (QED) is 0.479. The standard InChI is InChI=1S/C21H20ClN3O3S/c1-15-19(22)11-6-12-20(15)25(29(2,27)28)14-21(26)24-23-13-17-9-5-8-16-7-3-4-10-18(16)17/h3-13H,14H2,1-2H3,(H,24,26)/b23-13-. The summed E-state index contributed by atoms with van der Waals surface area (Å²) in [5, 5.41) is 6.47. The minimum absolute atomic E-state index is 0.355. The zero-order valence-corrected chi connectivity index (χ0v) is 17.5. The Balaban J connectivity index is 1.77. The highest BCUT2D eigenvalue weighted by molar-refractivity contribution is 7.92. The molecule has 0 saturated carbocycles. The number of anilines is 1. The minimum Gasteiger partial charge on any atom is -0.271 e. The fourth-order valence-corrected chi connectivity index (χ4v) is 4.03. The van der Waals surface area contributed by atoms with Gasteiger partial charge in [0.2, 0.25) is 10.0 Å². The van der Waals surface area contributed by atoms with Gasteiger partial charge in [0, 0.05) is 10.6 Å². The zero-order chi connectivity index (χ0) is 21.0. The molecule has 0 aromatic heterocycles. The molecule has 150 valence electrons. The first-order valence-electron chi connectivity index (χ1n) is 8.80. The van der Waals surface area contributed by atoms with E-state index in [-0.39, 0.29) is 0 Å². The number of sulfonamides is 1. The lowest BCUT2D eigenvalue weighted by Gasteiger charge is -2.23. The van der Waals surface area contributed by atoms with Crippen molar-refractivity contribution in [3.05, 3.63) is 76.8 Å². The monoisotopic (exact) mass is 429 g/mol. The van der Waals surface area contributed by atoms with Crippen molar-refractivity contribution in [2.75, 3.05) is 17.1 Å². The number of hydrazone groups is 1. The molecular formula is C21H20ClN3O3S. The third kappa shape index (κ3) is 4.93. The molecule has 3 aromatic rings. The van der Waals surface area contributed by atoms with Crippen LogP contribution >= 0.6 is 11.6 Å². The van der Waals surface area contributed by atoms with Gasteiger partial charge >= 0.3 is 0 Å². The van der Waals surface area contributed by atoms with Crippen molar-refractivity contribution < 1.29 is 13.2 Å². The lowest BCUT2D eigenvalue weighted by atomic mass is 10.1. The van der Waals surface area contributed by atoms with E-state index in [4.69, 9.17) is 11.6 Å². The molecular weight excluding hydrogens is 410 g/mol. The summed E-state index contributed by atoms with van der Waals surface area (Å²) < 4.78 is 25.5. The van der Waals surface area contributed by atoms with Gasteiger partial charge in [-0.15, -0.1) is 0 Å². The summed E-state index contributed by atoms with van der Waals surface area (Å²) in [6.45, 7) is 1.29. The molecule has 6 nitrogen and oxygen atoms in total. The van der Waals surface area contributed by atoms with E-state index in [9.17, 15) is 13.2 Å². The van der Waals surface area contributed by atoms with Crippen molar-refractivity contribution in [3.63, 3.8) is 0 Å². The number of fused-ring (bicyclic) bond motifs is 1. The second kappa shape index (κ2) is 8.63. The molecule has 0 aliphatic heterocycles. The maximum atomic E-state index is 12.4. The number of benzene rings is 3. The molecule has 0 saturated heterocycles. The number of nitrogens with one attached hydrogen (secondary N) is 1. The van der Waals surface area contributed by atoms with E-state index in [0.29, 0.717) is 16.3 Å². The molecule has 0 fully saturated rings. The Morgan fingerprint density at radius 3 is 2.55 bits per heavy atom. The lowest BCUT2D eigenvalue weighted by molar-refractivity contribution is -0.119. The van der Waals surface area contributed by atoms with Gasteiger partial charge in [0.05, 0.1) is 18.2 Å². The Morgan fingerprint density at radius 1 is 1.10 bits per heavy atom. The SMILES string of the molecule is Cc1c(Cl)cccc1N(CC(=O)N/N=C\c1cccc2ccccc12)S(C)(=O)=O. The molecule has 1 N–H and O–H groups in total. The molecule has 0 heterocycles. The third-order valence-corrected chi connectivity index (χ3v) is 5.95. The zero-order valence-electron chi connectivity index (χ0n) is 16.0. The molecule has 0 spiro atoms. The summed E-state index contributed by atoms with van der Waals surface area (Å²) >= 11 is 6.10. The van der Waals surface area contributed by atoms with Gasteiger partial charge in [-0.2, -0.15) is 5.10 Å². The highest BCUT2D eigenvalue weighted by atomic mass is 35.5. The van der Waals surface area contributed by atoms with Gasteiger partial charge < -0.3 is 0 Å². The van der Waals surface area contributed by atoms with Crippen molar-refractivity contribution in [3.8, 4) is 0 Å². The Labute approximate surface area is 174 Å². The summed E-state index contributed by atoms with van der Waals surface area (Å²) in [7, 11) is -3.70.